The second-order valence-corrected chi connectivity index (χ2v) is 5.39. The van der Waals surface area contributed by atoms with E-state index in [4.69, 9.17) is 0 Å². The third-order valence-electron chi connectivity index (χ3n) is 3.60. The van der Waals surface area contributed by atoms with Gasteiger partial charge in [0.1, 0.15) is 0 Å². The first-order chi connectivity index (χ1) is 9.72. The van der Waals surface area contributed by atoms with Crippen LogP contribution in [0.15, 0.2) is 66.9 Å². The van der Waals surface area contributed by atoms with Gasteiger partial charge < -0.3 is 5.32 Å². The van der Waals surface area contributed by atoms with Crippen LogP contribution in [-0.4, -0.2) is 0 Å². The lowest BCUT2D eigenvalue weighted by Crippen LogP contribution is -2.16. The number of aryl methyl sites for hydroxylation is 2. The molecule has 1 heterocycles. The molecule has 1 nitrogen and oxygen atoms in total. The average Bonchev–Trinajstić information content (AvgIpc) is 2.47. The van der Waals surface area contributed by atoms with Crippen LogP contribution in [0.4, 0.5) is 0 Å². The Morgan fingerprint density at radius 3 is 2.30 bits per heavy atom. The van der Waals surface area contributed by atoms with Crippen molar-refractivity contribution in [3.05, 3.63) is 89.1 Å². The first-order valence-corrected chi connectivity index (χ1v) is 7.00. The molecule has 0 saturated heterocycles. The van der Waals surface area contributed by atoms with Gasteiger partial charge in [-0.3, -0.25) is 0 Å². The molecule has 0 aliphatic carbocycles. The van der Waals surface area contributed by atoms with Gasteiger partial charge in [-0.25, -0.2) is 0 Å². The second-order valence-electron chi connectivity index (χ2n) is 5.39. The van der Waals surface area contributed by atoms with Crippen LogP contribution in [0.2, 0.25) is 0 Å². The number of hydrogen-bond donors (Lipinski definition) is 1. The summed E-state index contributed by atoms with van der Waals surface area (Å²) < 4.78 is 0. The van der Waals surface area contributed by atoms with E-state index >= 15 is 0 Å². The van der Waals surface area contributed by atoms with Crippen LogP contribution in [0, 0.1) is 13.8 Å². The van der Waals surface area contributed by atoms with Gasteiger partial charge in [0.2, 0.25) is 0 Å². The predicted molar refractivity (Wildman–Crippen MR) is 85.4 cm³/mol. The minimum Gasteiger partial charge on any atom is -0.381 e. The minimum atomic E-state index is 0.247. The molecule has 100 valence electrons. The summed E-state index contributed by atoms with van der Waals surface area (Å²) in [7, 11) is 0. The van der Waals surface area contributed by atoms with Gasteiger partial charge in [0.15, 0.2) is 0 Å². The molecule has 0 radical (unpaired) electrons. The lowest BCUT2D eigenvalue weighted by Gasteiger charge is -2.20. The van der Waals surface area contributed by atoms with Crippen LogP contribution in [0.1, 0.15) is 28.3 Å². The Labute approximate surface area is 120 Å². The summed E-state index contributed by atoms with van der Waals surface area (Å²) in [5.41, 5.74) is 6.48. The molecule has 1 heteroatoms. The number of nitrogens with one attached hydrogen (secondary N) is 1. The van der Waals surface area contributed by atoms with Crippen LogP contribution in [-0.2, 0) is 0 Å². The van der Waals surface area contributed by atoms with Gasteiger partial charge in [-0.1, -0.05) is 59.7 Å². The maximum Gasteiger partial charge on any atom is 0.0701 e. The van der Waals surface area contributed by atoms with E-state index in [-0.39, 0.29) is 6.04 Å². The lowest BCUT2D eigenvalue weighted by molar-refractivity contribution is 0.749. The number of hydrogen-bond acceptors (Lipinski definition) is 1. The smallest absolute Gasteiger partial charge is 0.0701 e. The molecule has 1 atom stereocenters. The van der Waals surface area contributed by atoms with E-state index in [0.29, 0.717) is 0 Å². The van der Waals surface area contributed by atoms with Crippen molar-refractivity contribution in [2.24, 2.45) is 0 Å². The highest BCUT2D eigenvalue weighted by Gasteiger charge is 2.12. The normalized spacial score (nSPS) is 17.5. The molecule has 0 fully saturated rings. The van der Waals surface area contributed by atoms with Crippen molar-refractivity contribution < 1.29 is 0 Å². The van der Waals surface area contributed by atoms with E-state index in [1.807, 2.05) is 6.20 Å². The predicted octanol–water partition coefficient (Wildman–Crippen LogP) is 4.55. The van der Waals surface area contributed by atoms with Gasteiger partial charge in [-0.15, -0.1) is 0 Å². The molecule has 2 aromatic carbocycles. The van der Waals surface area contributed by atoms with Crippen molar-refractivity contribution in [1.29, 1.82) is 0 Å². The summed E-state index contributed by atoms with van der Waals surface area (Å²) in [6, 6.07) is 17.5. The fraction of sp³-hybridized carbons (Fsp3) is 0.158. The van der Waals surface area contributed by atoms with Crippen LogP contribution < -0.4 is 5.32 Å². The van der Waals surface area contributed by atoms with Crippen molar-refractivity contribution in [1.82, 2.24) is 5.32 Å². The molecule has 1 unspecified atom stereocenters. The minimum absolute atomic E-state index is 0.247. The zero-order valence-corrected chi connectivity index (χ0v) is 11.9. The molecule has 3 rings (SSSR count). The highest BCUT2D eigenvalue weighted by Crippen LogP contribution is 2.26. The second kappa shape index (κ2) is 5.38. The first kappa shape index (κ1) is 12.7. The van der Waals surface area contributed by atoms with Crippen LogP contribution in [0.5, 0.6) is 0 Å². The summed E-state index contributed by atoms with van der Waals surface area (Å²) in [5, 5.41) is 3.41. The molecule has 0 saturated carbocycles. The monoisotopic (exact) mass is 261 g/mol. The molecule has 0 spiro atoms. The molecular formula is C19H19N. The Morgan fingerprint density at radius 1 is 0.900 bits per heavy atom. The molecule has 1 N–H and O–H groups in total. The van der Waals surface area contributed by atoms with Gasteiger partial charge in [0.25, 0.3) is 0 Å². The largest absolute Gasteiger partial charge is 0.381 e. The quantitative estimate of drug-likeness (QED) is 0.836. The lowest BCUT2D eigenvalue weighted by atomic mass is 9.95. The Kier molecular flexibility index (Phi) is 3.42. The van der Waals surface area contributed by atoms with Gasteiger partial charge >= 0.3 is 0 Å². The molecule has 2 aromatic rings. The van der Waals surface area contributed by atoms with Crippen molar-refractivity contribution >= 4 is 5.57 Å². The molecular weight excluding hydrogens is 242 g/mol. The van der Waals surface area contributed by atoms with Crippen LogP contribution in [0.3, 0.4) is 0 Å². The summed E-state index contributed by atoms with van der Waals surface area (Å²) in [5.74, 6) is 0. The topological polar surface area (TPSA) is 12.0 Å². The number of rotatable bonds is 2. The molecule has 0 aromatic heterocycles. The Morgan fingerprint density at radius 2 is 1.60 bits per heavy atom. The standard InChI is InChI=1S/C19H19N/c1-14-10-15(2)12-18(11-14)17-8-9-20-19(13-17)16-6-4-3-5-7-16/h3-13,19-20H,1-2H3. The van der Waals surface area contributed by atoms with Gasteiger partial charge in [0, 0.05) is 0 Å². The Bertz CT molecular complexity index is 645. The van der Waals surface area contributed by atoms with Gasteiger partial charge in [-0.2, -0.15) is 0 Å². The van der Waals surface area contributed by atoms with E-state index < -0.39 is 0 Å². The first-order valence-electron chi connectivity index (χ1n) is 7.00. The fourth-order valence-electron chi connectivity index (χ4n) is 2.71. The molecule has 1 aliphatic heterocycles. The van der Waals surface area contributed by atoms with E-state index in [2.05, 4.69) is 79.8 Å². The highest BCUT2D eigenvalue weighted by atomic mass is 14.9. The van der Waals surface area contributed by atoms with Crippen LogP contribution >= 0.6 is 0 Å². The Hall–Kier alpha value is -2.28. The van der Waals surface area contributed by atoms with Crippen LogP contribution in [0.25, 0.3) is 5.57 Å². The molecule has 1 aliphatic rings. The van der Waals surface area contributed by atoms with Crippen molar-refractivity contribution in [3.63, 3.8) is 0 Å². The van der Waals surface area contributed by atoms with Crippen molar-refractivity contribution in [2.75, 3.05) is 0 Å². The molecule has 0 amide bonds. The van der Waals surface area contributed by atoms with E-state index in [9.17, 15) is 0 Å². The summed E-state index contributed by atoms with van der Waals surface area (Å²) in [6.07, 6.45) is 6.49. The summed E-state index contributed by atoms with van der Waals surface area (Å²) in [4.78, 5) is 0. The highest BCUT2D eigenvalue weighted by molar-refractivity contribution is 5.76. The van der Waals surface area contributed by atoms with Crippen molar-refractivity contribution in [3.8, 4) is 0 Å². The zero-order valence-electron chi connectivity index (χ0n) is 11.9. The third kappa shape index (κ3) is 2.67. The third-order valence-corrected chi connectivity index (χ3v) is 3.60. The molecule has 20 heavy (non-hydrogen) atoms. The summed E-state index contributed by atoms with van der Waals surface area (Å²) in [6.45, 7) is 4.30. The van der Waals surface area contributed by atoms with E-state index in [1.165, 1.54) is 27.8 Å². The van der Waals surface area contributed by atoms with Gasteiger partial charge in [0.05, 0.1) is 6.04 Å². The number of allylic oxidation sites excluding steroid dienone is 2. The van der Waals surface area contributed by atoms with Crippen molar-refractivity contribution in [2.45, 2.75) is 19.9 Å². The fourth-order valence-corrected chi connectivity index (χ4v) is 2.71. The maximum atomic E-state index is 3.41. The summed E-state index contributed by atoms with van der Waals surface area (Å²) >= 11 is 0. The number of dihydropyridines is 1. The van der Waals surface area contributed by atoms with E-state index in [1.54, 1.807) is 0 Å². The maximum absolute atomic E-state index is 3.41. The van der Waals surface area contributed by atoms with Gasteiger partial charge in [-0.05, 0) is 48.9 Å². The zero-order chi connectivity index (χ0) is 13.9. The number of benzene rings is 2. The van der Waals surface area contributed by atoms with E-state index in [0.717, 1.165) is 0 Å². The SMILES string of the molecule is Cc1cc(C)cc(C2=CC(c3ccccc3)NC=C2)c1. The average molecular weight is 261 g/mol. The Balaban J connectivity index is 1.97. The molecule has 0 bridgehead atoms.